The van der Waals surface area contributed by atoms with Crippen LogP contribution in [0.3, 0.4) is 0 Å². The van der Waals surface area contributed by atoms with Gasteiger partial charge in [-0.1, -0.05) is 276 Å². The Hall–Kier alpha value is -5.06. The average molecular weight is 1440 g/mol. The van der Waals surface area contributed by atoms with E-state index < -0.39 is 97.5 Å². The number of allylic oxidation sites excluding steroid dienone is 24. The lowest BCUT2D eigenvalue weighted by atomic mass is 10.0. The third-order valence-electron chi connectivity index (χ3n) is 15.3. The van der Waals surface area contributed by atoms with E-state index in [0.717, 1.165) is 141 Å². The third-order valence-corrected chi connectivity index (χ3v) is 17.2. The molecule has 0 aliphatic heterocycles. The number of aliphatic hydroxyl groups is 1. The first-order valence-corrected chi connectivity index (χ1v) is 41.1. The largest absolute Gasteiger partial charge is 0.472 e. The second kappa shape index (κ2) is 72.3. The number of aliphatic hydroxyl groups excluding tert-OH is 1. The molecule has 0 saturated heterocycles. The van der Waals surface area contributed by atoms with E-state index in [4.69, 9.17) is 37.0 Å². The van der Waals surface area contributed by atoms with Gasteiger partial charge in [-0.15, -0.1) is 0 Å². The van der Waals surface area contributed by atoms with Gasteiger partial charge in [0.1, 0.15) is 19.3 Å². The Kier molecular flexibility index (Phi) is 68.6. The smallest absolute Gasteiger partial charge is 0.462 e. The number of phosphoric ester groups is 2. The summed E-state index contributed by atoms with van der Waals surface area (Å²) in [5.74, 6) is -2.33. The van der Waals surface area contributed by atoms with Gasteiger partial charge in [0.25, 0.3) is 0 Å². The van der Waals surface area contributed by atoms with Gasteiger partial charge in [0, 0.05) is 25.7 Å². The van der Waals surface area contributed by atoms with E-state index >= 15 is 0 Å². The lowest BCUT2D eigenvalue weighted by molar-refractivity contribution is -0.161. The molecule has 5 atom stereocenters. The van der Waals surface area contributed by atoms with Crippen LogP contribution in [0.15, 0.2) is 146 Å². The maximum atomic E-state index is 13.1. The highest BCUT2D eigenvalue weighted by Crippen LogP contribution is 2.45. The van der Waals surface area contributed by atoms with Gasteiger partial charge >= 0.3 is 39.5 Å². The van der Waals surface area contributed by atoms with Crippen LogP contribution in [0.1, 0.15) is 285 Å². The molecule has 0 aliphatic rings. The number of phosphoric acid groups is 2. The minimum Gasteiger partial charge on any atom is -0.462 e. The van der Waals surface area contributed by atoms with E-state index in [1.165, 1.54) is 51.4 Å². The Labute approximate surface area is 605 Å². The molecule has 5 unspecified atom stereocenters. The van der Waals surface area contributed by atoms with Crippen LogP contribution in [0.5, 0.6) is 0 Å². The lowest BCUT2D eigenvalue weighted by Crippen LogP contribution is -2.30. The van der Waals surface area contributed by atoms with Crippen LogP contribution in [0.25, 0.3) is 0 Å². The van der Waals surface area contributed by atoms with Gasteiger partial charge in [-0.2, -0.15) is 0 Å². The summed E-state index contributed by atoms with van der Waals surface area (Å²) < 4.78 is 68.3. The second-order valence-corrected chi connectivity index (χ2v) is 27.7. The zero-order valence-corrected chi connectivity index (χ0v) is 63.9. The molecule has 100 heavy (non-hydrogen) atoms. The Morgan fingerprint density at radius 1 is 0.290 bits per heavy atom. The molecule has 0 aromatic rings. The Bertz CT molecular complexity index is 2470. The topological polar surface area (TPSA) is 237 Å². The summed E-state index contributed by atoms with van der Waals surface area (Å²) >= 11 is 0. The number of unbranched alkanes of at least 4 members (excludes halogenated alkanes) is 20. The Morgan fingerprint density at radius 2 is 0.550 bits per heavy atom. The molecular weight excluding hydrogens is 1310 g/mol. The molecule has 17 nitrogen and oxygen atoms in total. The fourth-order valence-corrected chi connectivity index (χ4v) is 11.1. The van der Waals surface area contributed by atoms with Gasteiger partial charge in [-0.05, 0) is 128 Å². The van der Waals surface area contributed by atoms with Crippen molar-refractivity contribution in [3.63, 3.8) is 0 Å². The molecule has 0 amide bonds. The van der Waals surface area contributed by atoms with Crippen LogP contribution in [-0.4, -0.2) is 96.7 Å². The van der Waals surface area contributed by atoms with E-state index in [1.54, 1.807) is 0 Å². The molecule has 3 N–H and O–H groups in total. The predicted octanol–water partition coefficient (Wildman–Crippen LogP) is 21.9. The van der Waals surface area contributed by atoms with Crippen LogP contribution in [0.4, 0.5) is 0 Å². The molecule has 0 heterocycles. The van der Waals surface area contributed by atoms with Crippen molar-refractivity contribution in [2.75, 3.05) is 39.6 Å². The van der Waals surface area contributed by atoms with E-state index in [1.807, 2.05) is 24.3 Å². The van der Waals surface area contributed by atoms with Crippen molar-refractivity contribution < 1.29 is 80.2 Å². The van der Waals surface area contributed by atoms with Gasteiger partial charge in [-0.3, -0.25) is 37.3 Å². The van der Waals surface area contributed by atoms with Crippen LogP contribution >= 0.6 is 15.6 Å². The van der Waals surface area contributed by atoms with Gasteiger partial charge in [0.05, 0.1) is 26.4 Å². The molecule has 0 rings (SSSR count). The van der Waals surface area contributed by atoms with Crippen LogP contribution in [0.2, 0.25) is 0 Å². The number of carbonyl (C=O) groups excluding carboxylic acids is 4. The van der Waals surface area contributed by atoms with Crippen LogP contribution < -0.4 is 0 Å². The average Bonchev–Trinajstić information content (AvgIpc) is 1.15. The van der Waals surface area contributed by atoms with E-state index in [9.17, 15) is 43.2 Å². The molecule has 19 heteroatoms. The fraction of sp³-hybridized carbons (Fsp3) is 0.654. The molecule has 0 aromatic heterocycles. The van der Waals surface area contributed by atoms with Gasteiger partial charge < -0.3 is 33.8 Å². The molecule has 0 aromatic carbocycles. The zero-order chi connectivity index (χ0) is 73.2. The molecular formula is C81H134O17P2. The van der Waals surface area contributed by atoms with Crippen LogP contribution in [0, 0.1) is 0 Å². The first kappa shape index (κ1) is 94.9. The summed E-state index contributed by atoms with van der Waals surface area (Å²) in [6.45, 7) is 4.42. The molecule has 570 valence electrons. The molecule has 0 saturated carbocycles. The highest BCUT2D eigenvalue weighted by Gasteiger charge is 2.30. The first-order chi connectivity index (χ1) is 48.7. The highest BCUT2D eigenvalue weighted by atomic mass is 31.2. The summed E-state index contributed by atoms with van der Waals surface area (Å²) in [5.41, 5.74) is 0. The number of esters is 4. The first-order valence-electron chi connectivity index (χ1n) is 38.1. The fourth-order valence-electron chi connectivity index (χ4n) is 9.56. The number of ether oxygens (including phenoxy) is 4. The Morgan fingerprint density at radius 3 is 0.890 bits per heavy atom. The van der Waals surface area contributed by atoms with Crippen molar-refractivity contribution >= 4 is 39.5 Å². The standard InChI is InChI=1S/C81H134O17P2/c1-5-9-13-17-21-25-29-33-35-37-39-43-46-50-54-58-62-66-79(84)92-72-77(98-81(86)68-64-60-56-52-48-44-40-38-36-34-30-26-22-18-14-10-6-2)74-96-100(89,90)94-70-75(82)69-93-99(87,88)95-73-76(97-80(85)67-63-59-55-51-47-42-32-28-24-20-16-12-8-4)71-91-78(83)65-61-57-53-49-45-41-31-27-23-19-15-11-7-3/h9-10,13-15,19,21-22,25-27,31,33-36,39-40,43-44,50,52,54,56,75-77,82H,5-8,11-12,16-18,20,23-24,28-30,32,37-38,41-42,45-49,51,53,55,57-74H2,1-4H3,(H,87,88)(H,89,90)/b13-9-,14-10-,19-15-,25-21-,26-22-,31-27-,35-33-,36-34-,43-39-,44-40-,54-50-,56-52-. The van der Waals surface area contributed by atoms with Crippen molar-refractivity contribution in [3.05, 3.63) is 146 Å². The summed E-state index contributed by atoms with van der Waals surface area (Å²) in [5, 5.41) is 10.6. The van der Waals surface area contributed by atoms with Crippen molar-refractivity contribution in [2.45, 2.75) is 303 Å². The molecule has 0 radical (unpaired) electrons. The highest BCUT2D eigenvalue weighted by molar-refractivity contribution is 7.47. The SMILES string of the molecule is CC/C=C\C/C=C\C/C=C\C/C=C\C/C=C\CCCC(=O)OCC(COP(=O)(O)OCC(O)COP(=O)(O)OCC(COC(=O)CCCCCCC/C=C\C/C=C\CCC)OC(=O)CCCCCCCCCCCCCCC)OC(=O)CCC/C=C\C/C=C\C/C=C\C/C=C\C/C=C\CC. The van der Waals surface area contributed by atoms with E-state index in [2.05, 4.69) is 149 Å². The second-order valence-electron chi connectivity index (χ2n) is 24.8. The molecule has 0 aliphatic carbocycles. The van der Waals surface area contributed by atoms with Crippen LogP contribution in [-0.2, 0) is 65.4 Å². The quantitative estimate of drug-likeness (QED) is 0.0169. The molecule has 0 bridgehead atoms. The van der Waals surface area contributed by atoms with E-state index in [-0.39, 0.29) is 25.7 Å². The third kappa shape index (κ3) is 71.3. The van der Waals surface area contributed by atoms with Crippen molar-refractivity contribution in [1.82, 2.24) is 0 Å². The molecule has 0 spiro atoms. The van der Waals surface area contributed by atoms with Crippen molar-refractivity contribution in [2.24, 2.45) is 0 Å². The summed E-state index contributed by atoms with van der Waals surface area (Å²) in [6, 6.07) is 0. The maximum absolute atomic E-state index is 13.1. The Balaban J connectivity index is 5.47. The van der Waals surface area contributed by atoms with Gasteiger partial charge in [-0.25, -0.2) is 9.13 Å². The van der Waals surface area contributed by atoms with E-state index in [0.29, 0.717) is 38.5 Å². The number of carbonyl (C=O) groups is 4. The van der Waals surface area contributed by atoms with Gasteiger partial charge in [0.2, 0.25) is 0 Å². The minimum atomic E-state index is -5.01. The summed E-state index contributed by atoms with van der Waals surface area (Å²) in [7, 11) is -9.99. The van der Waals surface area contributed by atoms with Crippen molar-refractivity contribution in [3.8, 4) is 0 Å². The maximum Gasteiger partial charge on any atom is 0.472 e. The predicted molar refractivity (Wildman–Crippen MR) is 408 cm³/mol. The number of rotatable bonds is 70. The molecule has 0 fully saturated rings. The number of hydrogen-bond donors (Lipinski definition) is 3. The summed E-state index contributed by atoms with van der Waals surface area (Å²) in [6.07, 6.45) is 81.4. The number of hydrogen-bond acceptors (Lipinski definition) is 15. The monoisotopic (exact) mass is 1440 g/mol. The van der Waals surface area contributed by atoms with Crippen molar-refractivity contribution in [1.29, 1.82) is 0 Å². The van der Waals surface area contributed by atoms with Gasteiger partial charge in [0.15, 0.2) is 12.2 Å². The lowest BCUT2D eigenvalue weighted by Gasteiger charge is -2.21. The summed E-state index contributed by atoms with van der Waals surface area (Å²) in [4.78, 5) is 72.8. The normalized spacial score (nSPS) is 14.8. The zero-order valence-electron chi connectivity index (χ0n) is 62.1. The minimum absolute atomic E-state index is 0.000148.